The second-order valence-electron chi connectivity index (χ2n) is 5.96. The van der Waals surface area contributed by atoms with Gasteiger partial charge in [0, 0.05) is 25.2 Å². The highest BCUT2D eigenvalue weighted by Crippen LogP contribution is 2.10. The van der Waals surface area contributed by atoms with Crippen molar-refractivity contribution in [1.29, 1.82) is 0 Å². The van der Waals surface area contributed by atoms with Gasteiger partial charge in [-0.05, 0) is 19.3 Å². The van der Waals surface area contributed by atoms with E-state index in [4.69, 9.17) is 4.52 Å². The van der Waals surface area contributed by atoms with Gasteiger partial charge in [-0.2, -0.15) is 5.10 Å². The molecule has 2 heterocycles. The largest absolute Gasteiger partial charge is 0.361 e. The van der Waals surface area contributed by atoms with Crippen molar-refractivity contribution in [2.75, 3.05) is 0 Å². The summed E-state index contributed by atoms with van der Waals surface area (Å²) in [4.78, 5) is 12.2. The standard InChI is InChI=1S/C16H24N4O2/c1-5-6-20-10-15(12(4)18-20)16(21)17-9-13-8-14(22-19-13)7-11(2)3/h8,10-11H,5-7,9H2,1-4H3,(H,17,21). The van der Waals surface area contributed by atoms with E-state index >= 15 is 0 Å². The third-order valence-corrected chi connectivity index (χ3v) is 3.29. The molecule has 6 heteroatoms. The smallest absolute Gasteiger partial charge is 0.255 e. The maximum Gasteiger partial charge on any atom is 0.255 e. The van der Waals surface area contributed by atoms with Gasteiger partial charge in [0.25, 0.3) is 5.91 Å². The van der Waals surface area contributed by atoms with Crippen LogP contribution in [0.15, 0.2) is 16.8 Å². The van der Waals surface area contributed by atoms with Crippen molar-refractivity contribution in [2.45, 2.75) is 53.6 Å². The third kappa shape index (κ3) is 4.19. The first-order valence-electron chi connectivity index (χ1n) is 7.76. The van der Waals surface area contributed by atoms with Gasteiger partial charge < -0.3 is 9.84 Å². The highest BCUT2D eigenvalue weighted by atomic mass is 16.5. The number of amides is 1. The van der Waals surface area contributed by atoms with Crippen molar-refractivity contribution in [3.05, 3.63) is 35.0 Å². The summed E-state index contributed by atoms with van der Waals surface area (Å²) < 4.78 is 7.06. The molecule has 0 radical (unpaired) electrons. The molecule has 120 valence electrons. The molecular weight excluding hydrogens is 280 g/mol. The SMILES string of the molecule is CCCn1cc(C(=O)NCc2cc(CC(C)C)on2)c(C)n1. The first-order valence-corrected chi connectivity index (χ1v) is 7.76. The predicted molar refractivity (Wildman–Crippen MR) is 83.5 cm³/mol. The highest BCUT2D eigenvalue weighted by Gasteiger charge is 2.14. The van der Waals surface area contributed by atoms with Gasteiger partial charge in [-0.3, -0.25) is 9.48 Å². The first-order chi connectivity index (χ1) is 10.5. The molecule has 0 aliphatic rings. The second kappa shape index (κ2) is 7.24. The van der Waals surface area contributed by atoms with E-state index in [2.05, 4.69) is 36.3 Å². The van der Waals surface area contributed by atoms with E-state index in [1.807, 2.05) is 13.0 Å². The lowest BCUT2D eigenvalue weighted by Crippen LogP contribution is -2.23. The summed E-state index contributed by atoms with van der Waals surface area (Å²) in [5, 5.41) is 11.2. The van der Waals surface area contributed by atoms with Crippen LogP contribution in [-0.2, 0) is 19.5 Å². The lowest BCUT2D eigenvalue weighted by molar-refractivity contribution is 0.0949. The van der Waals surface area contributed by atoms with Gasteiger partial charge in [0.15, 0.2) is 0 Å². The molecule has 1 N–H and O–H groups in total. The number of carbonyl (C=O) groups excluding carboxylic acids is 1. The van der Waals surface area contributed by atoms with E-state index in [9.17, 15) is 4.79 Å². The fourth-order valence-electron chi connectivity index (χ4n) is 2.29. The molecule has 0 atom stereocenters. The molecule has 6 nitrogen and oxygen atoms in total. The number of hydrogen-bond acceptors (Lipinski definition) is 4. The van der Waals surface area contributed by atoms with Crippen LogP contribution in [0.25, 0.3) is 0 Å². The monoisotopic (exact) mass is 304 g/mol. The van der Waals surface area contributed by atoms with Crippen molar-refractivity contribution in [2.24, 2.45) is 5.92 Å². The number of aromatic nitrogens is 3. The molecule has 0 unspecified atom stereocenters. The summed E-state index contributed by atoms with van der Waals surface area (Å²) in [6.07, 6.45) is 3.63. The number of nitrogens with zero attached hydrogens (tertiary/aromatic N) is 3. The van der Waals surface area contributed by atoms with Crippen LogP contribution < -0.4 is 5.32 Å². The summed E-state index contributed by atoms with van der Waals surface area (Å²) in [7, 11) is 0. The molecule has 0 aromatic carbocycles. The molecular formula is C16H24N4O2. The average Bonchev–Trinajstić information content (AvgIpc) is 3.03. The molecule has 0 aliphatic carbocycles. The maximum atomic E-state index is 12.2. The minimum atomic E-state index is -0.131. The third-order valence-electron chi connectivity index (χ3n) is 3.29. The van der Waals surface area contributed by atoms with Crippen LogP contribution in [0.3, 0.4) is 0 Å². The lowest BCUT2D eigenvalue weighted by Gasteiger charge is -2.01. The van der Waals surface area contributed by atoms with Crippen LogP contribution in [0.2, 0.25) is 0 Å². The second-order valence-corrected chi connectivity index (χ2v) is 5.96. The summed E-state index contributed by atoms with van der Waals surface area (Å²) >= 11 is 0. The highest BCUT2D eigenvalue weighted by molar-refractivity contribution is 5.94. The first kappa shape index (κ1) is 16.3. The van der Waals surface area contributed by atoms with Crippen LogP contribution >= 0.6 is 0 Å². The summed E-state index contributed by atoms with van der Waals surface area (Å²) in [5.74, 6) is 1.24. The van der Waals surface area contributed by atoms with Gasteiger partial charge in [0.2, 0.25) is 0 Å². The zero-order chi connectivity index (χ0) is 16.1. The molecule has 2 aromatic rings. The number of aryl methyl sites for hydroxylation is 2. The summed E-state index contributed by atoms with van der Waals surface area (Å²) in [5.41, 5.74) is 2.09. The van der Waals surface area contributed by atoms with Gasteiger partial charge in [-0.1, -0.05) is 25.9 Å². The predicted octanol–water partition coefficient (Wildman–Crippen LogP) is 2.72. The lowest BCUT2D eigenvalue weighted by atomic mass is 10.1. The topological polar surface area (TPSA) is 73.0 Å². The minimum absolute atomic E-state index is 0.131. The molecule has 0 saturated heterocycles. The van der Waals surface area contributed by atoms with Crippen LogP contribution in [0.1, 0.15) is 54.7 Å². The maximum absolute atomic E-state index is 12.2. The van der Waals surface area contributed by atoms with Gasteiger partial charge in [-0.15, -0.1) is 0 Å². The average molecular weight is 304 g/mol. The number of rotatable bonds is 7. The van der Waals surface area contributed by atoms with E-state index in [0.717, 1.165) is 36.5 Å². The normalized spacial score (nSPS) is 11.1. The van der Waals surface area contributed by atoms with Crippen molar-refractivity contribution in [3.8, 4) is 0 Å². The molecule has 1 amide bonds. The fraction of sp³-hybridized carbons (Fsp3) is 0.562. The Morgan fingerprint density at radius 1 is 1.45 bits per heavy atom. The van der Waals surface area contributed by atoms with Crippen molar-refractivity contribution in [3.63, 3.8) is 0 Å². The van der Waals surface area contributed by atoms with Gasteiger partial charge in [-0.25, -0.2) is 0 Å². The van der Waals surface area contributed by atoms with Crippen molar-refractivity contribution in [1.82, 2.24) is 20.3 Å². The molecule has 22 heavy (non-hydrogen) atoms. The Balaban J connectivity index is 1.93. The van der Waals surface area contributed by atoms with E-state index in [-0.39, 0.29) is 5.91 Å². The van der Waals surface area contributed by atoms with Crippen molar-refractivity contribution >= 4 is 5.91 Å². The quantitative estimate of drug-likeness (QED) is 0.853. The van der Waals surface area contributed by atoms with Gasteiger partial charge >= 0.3 is 0 Å². The number of hydrogen-bond donors (Lipinski definition) is 1. The Bertz CT molecular complexity index is 628. The molecule has 0 bridgehead atoms. The molecule has 0 saturated carbocycles. The van der Waals surface area contributed by atoms with Crippen LogP contribution in [0, 0.1) is 12.8 Å². The molecule has 0 aliphatic heterocycles. The van der Waals surface area contributed by atoms with Crippen molar-refractivity contribution < 1.29 is 9.32 Å². The Morgan fingerprint density at radius 3 is 2.91 bits per heavy atom. The van der Waals surface area contributed by atoms with E-state index < -0.39 is 0 Å². The number of nitrogens with one attached hydrogen (secondary N) is 1. The fourth-order valence-corrected chi connectivity index (χ4v) is 2.29. The van der Waals surface area contributed by atoms with E-state index in [0.29, 0.717) is 18.0 Å². The van der Waals surface area contributed by atoms with Crippen LogP contribution in [-0.4, -0.2) is 20.8 Å². The van der Waals surface area contributed by atoms with Gasteiger partial charge in [0.1, 0.15) is 11.5 Å². The molecule has 0 fully saturated rings. The van der Waals surface area contributed by atoms with E-state index in [1.54, 1.807) is 10.9 Å². The summed E-state index contributed by atoms with van der Waals surface area (Å²) in [6.45, 7) is 9.35. The van der Waals surface area contributed by atoms with Gasteiger partial charge in [0.05, 0.1) is 17.8 Å². The molecule has 2 aromatic heterocycles. The minimum Gasteiger partial charge on any atom is -0.361 e. The molecule has 0 spiro atoms. The zero-order valence-corrected chi connectivity index (χ0v) is 13.7. The Morgan fingerprint density at radius 2 is 2.23 bits per heavy atom. The Kier molecular flexibility index (Phi) is 5.35. The number of carbonyl (C=O) groups is 1. The van der Waals surface area contributed by atoms with Crippen LogP contribution in [0.4, 0.5) is 0 Å². The Hall–Kier alpha value is -2.11. The molecule has 2 rings (SSSR count). The zero-order valence-electron chi connectivity index (χ0n) is 13.7. The Labute approximate surface area is 130 Å². The van der Waals surface area contributed by atoms with E-state index in [1.165, 1.54) is 0 Å². The van der Waals surface area contributed by atoms with Crippen LogP contribution in [0.5, 0.6) is 0 Å². The summed E-state index contributed by atoms with van der Waals surface area (Å²) in [6, 6.07) is 1.90.